The monoisotopic (exact) mass is 192 g/mol. The molecule has 0 aliphatic rings. The van der Waals surface area contributed by atoms with Crippen LogP contribution in [0, 0.1) is 6.92 Å². The first-order valence-corrected chi connectivity index (χ1v) is 4.85. The lowest BCUT2D eigenvalue weighted by Gasteiger charge is -2.08. The summed E-state index contributed by atoms with van der Waals surface area (Å²) in [6.45, 7) is 6.21. The molecule has 0 unspecified atom stereocenters. The van der Waals surface area contributed by atoms with Crippen molar-refractivity contribution in [3.8, 4) is 5.75 Å². The van der Waals surface area contributed by atoms with Gasteiger partial charge in [0.15, 0.2) is 0 Å². The molecule has 0 fully saturated rings. The van der Waals surface area contributed by atoms with E-state index >= 15 is 0 Å². The van der Waals surface area contributed by atoms with E-state index in [2.05, 4.69) is 0 Å². The molecule has 0 saturated carbocycles. The second-order valence-corrected chi connectivity index (χ2v) is 3.41. The van der Waals surface area contributed by atoms with E-state index in [9.17, 15) is 4.79 Å². The quantitative estimate of drug-likeness (QED) is 0.732. The van der Waals surface area contributed by atoms with E-state index in [1.165, 1.54) is 0 Å². The minimum Gasteiger partial charge on any atom is -0.494 e. The highest BCUT2D eigenvalue weighted by molar-refractivity contribution is 5.78. The van der Waals surface area contributed by atoms with Gasteiger partial charge in [-0.1, -0.05) is 12.1 Å². The molecular weight excluding hydrogens is 176 g/mol. The zero-order valence-electron chi connectivity index (χ0n) is 8.96. The Hall–Kier alpha value is -1.31. The first-order valence-electron chi connectivity index (χ1n) is 4.85. The van der Waals surface area contributed by atoms with Gasteiger partial charge in [-0.05, 0) is 38.0 Å². The Morgan fingerprint density at radius 2 is 2.14 bits per heavy atom. The van der Waals surface area contributed by atoms with Crippen molar-refractivity contribution in [2.24, 2.45) is 0 Å². The molecule has 76 valence electrons. The van der Waals surface area contributed by atoms with Crippen LogP contribution >= 0.6 is 0 Å². The van der Waals surface area contributed by atoms with Crippen LogP contribution in [-0.4, -0.2) is 12.4 Å². The third kappa shape index (κ3) is 2.87. The predicted octanol–water partition coefficient (Wildman–Crippen LogP) is 2.53. The van der Waals surface area contributed by atoms with Gasteiger partial charge in [-0.2, -0.15) is 0 Å². The largest absolute Gasteiger partial charge is 0.494 e. The van der Waals surface area contributed by atoms with Crippen LogP contribution in [0.2, 0.25) is 0 Å². The van der Waals surface area contributed by atoms with Crippen LogP contribution in [0.3, 0.4) is 0 Å². The summed E-state index contributed by atoms with van der Waals surface area (Å²) in [5, 5.41) is 0. The predicted molar refractivity (Wildman–Crippen MR) is 56.7 cm³/mol. The van der Waals surface area contributed by atoms with E-state index in [1.54, 1.807) is 6.92 Å². The topological polar surface area (TPSA) is 26.3 Å². The van der Waals surface area contributed by atoms with Crippen molar-refractivity contribution in [1.82, 2.24) is 0 Å². The highest BCUT2D eigenvalue weighted by Gasteiger charge is 2.02. The highest BCUT2D eigenvalue weighted by Crippen LogP contribution is 2.19. The molecule has 0 aliphatic heterocycles. The van der Waals surface area contributed by atoms with Crippen LogP contribution in [-0.2, 0) is 11.2 Å². The summed E-state index contributed by atoms with van der Waals surface area (Å²) < 4.78 is 5.45. The highest BCUT2D eigenvalue weighted by atomic mass is 16.5. The Morgan fingerprint density at radius 3 is 2.71 bits per heavy atom. The third-order valence-corrected chi connectivity index (χ3v) is 2.01. The summed E-state index contributed by atoms with van der Waals surface area (Å²) in [7, 11) is 0. The number of ether oxygens (including phenoxy) is 1. The van der Waals surface area contributed by atoms with Crippen LogP contribution in [0.25, 0.3) is 0 Å². The van der Waals surface area contributed by atoms with E-state index in [-0.39, 0.29) is 5.78 Å². The molecular formula is C12H16O2. The molecule has 2 heteroatoms. The maximum absolute atomic E-state index is 10.9. The number of aryl methyl sites for hydroxylation is 1. The molecule has 0 atom stereocenters. The molecule has 0 bridgehead atoms. The summed E-state index contributed by atoms with van der Waals surface area (Å²) in [6, 6.07) is 5.91. The summed E-state index contributed by atoms with van der Waals surface area (Å²) in [6.07, 6.45) is 0.486. The summed E-state index contributed by atoms with van der Waals surface area (Å²) >= 11 is 0. The molecule has 0 amide bonds. The lowest BCUT2D eigenvalue weighted by atomic mass is 10.1. The number of Topliss-reactive ketones (excluding diaryl/α,β-unsaturated/α-hetero) is 1. The van der Waals surface area contributed by atoms with Crippen LogP contribution in [0.1, 0.15) is 25.0 Å². The van der Waals surface area contributed by atoms with Crippen LogP contribution in [0.4, 0.5) is 0 Å². The number of ketones is 1. The van der Waals surface area contributed by atoms with Gasteiger partial charge in [0.1, 0.15) is 11.5 Å². The number of carbonyl (C=O) groups is 1. The summed E-state index contributed by atoms with van der Waals surface area (Å²) in [5.41, 5.74) is 2.13. The van der Waals surface area contributed by atoms with E-state index < -0.39 is 0 Å². The van der Waals surface area contributed by atoms with E-state index in [0.717, 1.165) is 16.9 Å². The van der Waals surface area contributed by atoms with Crippen molar-refractivity contribution in [1.29, 1.82) is 0 Å². The second kappa shape index (κ2) is 4.80. The Bertz CT molecular complexity index is 329. The van der Waals surface area contributed by atoms with Crippen molar-refractivity contribution in [2.45, 2.75) is 27.2 Å². The number of hydrogen-bond acceptors (Lipinski definition) is 2. The Labute approximate surface area is 84.9 Å². The first kappa shape index (κ1) is 10.8. The Balaban J connectivity index is 2.88. The lowest BCUT2D eigenvalue weighted by Crippen LogP contribution is -1.99. The van der Waals surface area contributed by atoms with E-state index in [4.69, 9.17) is 4.74 Å². The number of hydrogen-bond donors (Lipinski definition) is 0. The molecule has 0 aliphatic carbocycles. The third-order valence-electron chi connectivity index (χ3n) is 2.01. The van der Waals surface area contributed by atoms with Crippen LogP contribution < -0.4 is 4.74 Å². The second-order valence-electron chi connectivity index (χ2n) is 3.41. The van der Waals surface area contributed by atoms with Crippen molar-refractivity contribution in [2.75, 3.05) is 6.61 Å². The minimum absolute atomic E-state index is 0.177. The van der Waals surface area contributed by atoms with Gasteiger partial charge in [-0.25, -0.2) is 0 Å². The molecule has 0 N–H and O–H groups in total. The fourth-order valence-electron chi connectivity index (χ4n) is 1.35. The number of carbonyl (C=O) groups excluding carboxylic acids is 1. The number of benzene rings is 1. The Morgan fingerprint density at radius 1 is 1.43 bits per heavy atom. The maximum atomic E-state index is 10.9. The molecule has 0 aromatic heterocycles. The summed E-state index contributed by atoms with van der Waals surface area (Å²) in [5.74, 6) is 1.06. The SMILES string of the molecule is CCOc1cc(CC(C)=O)ccc1C. The molecule has 1 aromatic carbocycles. The molecule has 1 aromatic rings. The lowest BCUT2D eigenvalue weighted by molar-refractivity contribution is -0.116. The van der Waals surface area contributed by atoms with Crippen molar-refractivity contribution in [3.05, 3.63) is 29.3 Å². The van der Waals surface area contributed by atoms with Crippen molar-refractivity contribution in [3.63, 3.8) is 0 Å². The summed E-state index contributed by atoms with van der Waals surface area (Å²) in [4.78, 5) is 10.9. The smallest absolute Gasteiger partial charge is 0.134 e. The molecule has 1 rings (SSSR count). The molecule has 0 heterocycles. The van der Waals surface area contributed by atoms with E-state index in [1.807, 2.05) is 32.0 Å². The zero-order chi connectivity index (χ0) is 10.6. The van der Waals surface area contributed by atoms with Gasteiger partial charge in [-0.15, -0.1) is 0 Å². The molecule has 0 saturated heterocycles. The Kier molecular flexibility index (Phi) is 3.69. The average molecular weight is 192 g/mol. The van der Waals surface area contributed by atoms with Crippen molar-refractivity contribution < 1.29 is 9.53 Å². The molecule has 0 radical (unpaired) electrons. The molecule has 0 spiro atoms. The van der Waals surface area contributed by atoms with Gasteiger partial charge in [0.2, 0.25) is 0 Å². The first-order chi connectivity index (χ1) is 6.63. The van der Waals surface area contributed by atoms with Gasteiger partial charge in [0.05, 0.1) is 6.61 Å². The fourth-order valence-corrected chi connectivity index (χ4v) is 1.35. The molecule has 2 nitrogen and oxygen atoms in total. The normalized spacial score (nSPS) is 9.93. The van der Waals surface area contributed by atoms with Gasteiger partial charge in [0.25, 0.3) is 0 Å². The standard InChI is InChI=1S/C12H16O2/c1-4-14-12-8-11(7-10(3)13)6-5-9(12)2/h5-6,8H,4,7H2,1-3H3. The fraction of sp³-hybridized carbons (Fsp3) is 0.417. The van der Waals surface area contributed by atoms with Crippen molar-refractivity contribution >= 4 is 5.78 Å². The van der Waals surface area contributed by atoms with Gasteiger partial charge >= 0.3 is 0 Å². The number of rotatable bonds is 4. The van der Waals surface area contributed by atoms with Crippen LogP contribution in [0.5, 0.6) is 5.75 Å². The van der Waals surface area contributed by atoms with Gasteiger partial charge in [-0.3, -0.25) is 4.79 Å². The van der Waals surface area contributed by atoms with Crippen LogP contribution in [0.15, 0.2) is 18.2 Å². The molecule has 14 heavy (non-hydrogen) atoms. The zero-order valence-corrected chi connectivity index (χ0v) is 8.96. The maximum Gasteiger partial charge on any atom is 0.134 e. The average Bonchev–Trinajstić information content (AvgIpc) is 2.10. The van der Waals surface area contributed by atoms with E-state index in [0.29, 0.717) is 13.0 Å². The minimum atomic E-state index is 0.177. The van der Waals surface area contributed by atoms with Gasteiger partial charge < -0.3 is 4.74 Å². The van der Waals surface area contributed by atoms with Gasteiger partial charge in [0, 0.05) is 6.42 Å².